The second-order valence-corrected chi connectivity index (χ2v) is 6.21. The van der Waals surface area contributed by atoms with Gasteiger partial charge in [0.1, 0.15) is 11.5 Å². The summed E-state index contributed by atoms with van der Waals surface area (Å²) in [5, 5.41) is 0. The Hall–Kier alpha value is -3.66. The fraction of sp³-hybridized carbons (Fsp3) is 0.0833. The van der Waals surface area contributed by atoms with Crippen molar-refractivity contribution < 1.29 is 19.1 Å². The van der Waals surface area contributed by atoms with Crippen LogP contribution in [-0.4, -0.2) is 11.9 Å². The second-order valence-electron chi connectivity index (χ2n) is 6.21. The highest BCUT2D eigenvalue weighted by Crippen LogP contribution is 2.34. The molecule has 3 aromatic carbocycles. The van der Waals surface area contributed by atoms with Crippen LogP contribution in [0.5, 0.6) is 11.5 Å². The zero-order valence-corrected chi connectivity index (χ0v) is 15.7. The minimum Gasteiger partial charge on any atom is -0.427 e. The quantitative estimate of drug-likeness (QED) is 0.343. The van der Waals surface area contributed by atoms with Crippen LogP contribution >= 0.6 is 0 Å². The SMILES string of the molecule is CC(=O)Oc1ccc(OC(C)=O)c(-c2ccc(/C=C/c3ccccc3)cc2)c1. The number of benzene rings is 3. The molecule has 28 heavy (non-hydrogen) atoms. The van der Waals surface area contributed by atoms with Crippen LogP contribution < -0.4 is 9.47 Å². The molecule has 0 aliphatic rings. The van der Waals surface area contributed by atoms with Crippen molar-refractivity contribution in [1.82, 2.24) is 0 Å². The summed E-state index contributed by atoms with van der Waals surface area (Å²) in [6.07, 6.45) is 4.07. The molecule has 0 fully saturated rings. The van der Waals surface area contributed by atoms with Crippen LogP contribution in [0.15, 0.2) is 72.8 Å². The summed E-state index contributed by atoms with van der Waals surface area (Å²) in [5.41, 5.74) is 3.69. The molecule has 0 saturated carbocycles. The smallest absolute Gasteiger partial charge is 0.308 e. The van der Waals surface area contributed by atoms with Crippen molar-refractivity contribution in [3.05, 3.63) is 83.9 Å². The Morgan fingerprint density at radius 3 is 1.93 bits per heavy atom. The third kappa shape index (κ3) is 5.17. The van der Waals surface area contributed by atoms with Gasteiger partial charge in [-0.1, -0.05) is 66.7 Å². The lowest BCUT2D eigenvalue weighted by molar-refractivity contribution is -0.133. The Labute approximate surface area is 164 Å². The van der Waals surface area contributed by atoms with Crippen LogP contribution in [-0.2, 0) is 9.59 Å². The van der Waals surface area contributed by atoms with E-state index in [1.165, 1.54) is 13.8 Å². The van der Waals surface area contributed by atoms with Crippen LogP contribution in [0.1, 0.15) is 25.0 Å². The molecule has 0 spiro atoms. The van der Waals surface area contributed by atoms with E-state index in [1.807, 2.05) is 66.7 Å². The molecule has 0 saturated heterocycles. The van der Waals surface area contributed by atoms with Gasteiger partial charge in [0.2, 0.25) is 0 Å². The lowest BCUT2D eigenvalue weighted by Crippen LogP contribution is -2.04. The van der Waals surface area contributed by atoms with Crippen LogP contribution in [0.4, 0.5) is 0 Å². The molecule has 0 unspecified atom stereocenters. The number of esters is 2. The van der Waals surface area contributed by atoms with Crippen LogP contribution in [0, 0.1) is 0 Å². The zero-order chi connectivity index (χ0) is 19.9. The Kier molecular flexibility index (Phi) is 6.02. The standard InChI is InChI=1S/C24H20O4/c1-17(25)27-22-14-15-24(28-18(2)26)23(16-22)21-12-10-20(11-13-21)9-8-19-6-4-3-5-7-19/h3-16H,1-2H3/b9-8+. The molecule has 0 N–H and O–H groups in total. The fourth-order valence-corrected chi connectivity index (χ4v) is 2.74. The van der Waals surface area contributed by atoms with E-state index in [9.17, 15) is 9.59 Å². The maximum atomic E-state index is 11.4. The van der Waals surface area contributed by atoms with Crippen molar-refractivity contribution in [3.63, 3.8) is 0 Å². The van der Waals surface area contributed by atoms with E-state index in [0.29, 0.717) is 17.1 Å². The van der Waals surface area contributed by atoms with Gasteiger partial charge >= 0.3 is 11.9 Å². The first-order valence-electron chi connectivity index (χ1n) is 8.86. The minimum atomic E-state index is -0.413. The number of hydrogen-bond donors (Lipinski definition) is 0. The van der Waals surface area contributed by atoms with E-state index < -0.39 is 11.9 Å². The third-order valence-electron chi connectivity index (χ3n) is 3.96. The van der Waals surface area contributed by atoms with Gasteiger partial charge in [-0.25, -0.2) is 0 Å². The molecule has 0 amide bonds. The number of ether oxygens (including phenoxy) is 2. The van der Waals surface area contributed by atoms with Gasteiger partial charge in [0.05, 0.1) is 0 Å². The maximum Gasteiger partial charge on any atom is 0.308 e. The van der Waals surface area contributed by atoms with Gasteiger partial charge in [-0.3, -0.25) is 9.59 Å². The highest BCUT2D eigenvalue weighted by molar-refractivity contribution is 5.79. The first kappa shape index (κ1) is 19.1. The fourth-order valence-electron chi connectivity index (χ4n) is 2.74. The summed E-state index contributed by atoms with van der Waals surface area (Å²) in [4.78, 5) is 22.7. The zero-order valence-electron chi connectivity index (χ0n) is 15.7. The summed E-state index contributed by atoms with van der Waals surface area (Å²) in [6.45, 7) is 2.69. The van der Waals surface area contributed by atoms with E-state index >= 15 is 0 Å². The van der Waals surface area contributed by atoms with Gasteiger partial charge in [0.15, 0.2) is 0 Å². The van der Waals surface area contributed by atoms with Crippen molar-refractivity contribution >= 4 is 24.1 Å². The molecule has 0 aromatic heterocycles. The molecule has 0 atom stereocenters. The average molecular weight is 372 g/mol. The molecule has 3 rings (SSSR count). The molecule has 0 bridgehead atoms. The topological polar surface area (TPSA) is 52.6 Å². The van der Waals surface area contributed by atoms with Gasteiger partial charge in [0, 0.05) is 19.4 Å². The predicted octanol–water partition coefficient (Wildman–Crippen LogP) is 5.37. The van der Waals surface area contributed by atoms with Crippen molar-refractivity contribution in [1.29, 1.82) is 0 Å². The van der Waals surface area contributed by atoms with E-state index in [4.69, 9.17) is 9.47 Å². The van der Waals surface area contributed by atoms with E-state index in [0.717, 1.165) is 16.7 Å². The Balaban J connectivity index is 1.89. The van der Waals surface area contributed by atoms with Crippen LogP contribution in [0.25, 0.3) is 23.3 Å². The lowest BCUT2D eigenvalue weighted by atomic mass is 10.0. The van der Waals surface area contributed by atoms with Crippen molar-refractivity contribution in [2.24, 2.45) is 0 Å². The van der Waals surface area contributed by atoms with Crippen molar-refractivity contribution in [3.8, 4) is 22.6 Å². The van der Waals surface area contributed by atoms with Crippen LogP contribution in [0.3, 0.4) is 0 Å². The summed E-state index contributed by atoms with van der Waals surface area (Å²) in [5.74, 6) is -0.0149. The molecule has 3 aromatic rings. The second kappa shape index (κ2) is 8.82. The summed E-state index contributed by atoms with van der Waals surface area (Å²) in [6, 6.07) is 22.8. The van der Waals surface area contributed by atoms with Crippen LogP contribution in [0.2, 0.25) is 0 Å². The highest BCUT2D eigenvalue weighted by Gasteiger charge is 2.11. The summed E-state index contributed by atoms with van der Waals surface area (Å²) >= 11 is 0. The van der Waals surface area contributed by atoms with E-state index in [-0.39, 0.29) is 0 Å². The Morgan fingerprint density at radius 1 is 0.714 bits per heavy atom. The lowest BCUT2D eigenvalue weighted by Gasteiger charge is -2.11. The number of hydrogen-bond acceptors (Lipinski definition) is 4. The Morgan fingerprint density at radius 2 is 1.32 bits per heavy atom. The maximum absolute atomic E-state index is 11.4. The molecular weight excluding hydrogens is 352 g/mol. The highest BCUT2D eigenvalue weighted by atomic mass is 16.5. The van der Waals surface area contributed by atoms with E-state index in [1.54, 1.807) is 18.2 Å². The van der Waals surface area contributed by atoms with Crippen molar-refractivity contribution in [2.75, 3.05) is 0 Å². The number of carbonyl (C=O) groups excluding carboxylic acids is 2. The third-order valence-corrected chi connectivity index (χ3v) is 3.96. The summed E-state index contributed by atoms with van der Waals surface area (Å²) < 4.78 is 10.5. The van der Waals surface area contributed by atoms with Crippen molar-refractivity contribution in [2.45, 2.75) is 13.8 Å². The number of rotatable bonds is 5. The minimum absolute atomic E-state index is 0.395. The molecule has 4 heteroatoms. The molecule has 0 heterocycles. The molecule has 140 valence electrons. The number of carbonyl (C=O) groups is 2. The first-order valence-corrected chi connectivity index (χ1v) is 8.86. The predicted molar refractivity (Wildman–Crippen MR) is 110 cm³/mol. The van der Waals surface area contributed by atoms with E-state index in [2.05, 4.69) is 0 Å². The van der Waals surface area contributed by atoms with Gasteiger partial charge < -0.3 is 9.47 Å². The largest absolute Gasteiger partial charge is 0.427 e. The van der Waals surface area contributed by atoms with Gasteiger partial charge in [-0.05, 0) is 34.9 Å². The van der Waals surface area contributed by atoms with Gasteiger partial charge in [0.25, 0.3) is 0 Å². The van der Waals surface area contributed by atoms with Gasteiger partial charge in [-0.15, -0.1) is 0 Å². The molecule has 4 nitrogen and oxygen atoms in total. The Bertz CT molecular complexity index is 1000. The molecular formula is C24H20O4. The first-order chi connectivity index (χ1) is 13.5. The molecule has 0 radical (unpaired) electrons. The molecule has 0 aliphatic heterocycles. The van der Waals surface area contributed by atoms with Gasteiger partial charge in [-0.2, -0.15) is 0 Å². The monoisotopic (exact) mass is 372 g/mol. The summed E-state index contributed by atoms with van der Waals surface area (Å²) in [7, 11) is 0. The normalized spacial score (nSPS) is 10.6. The molecule has 0 aliphatic carbocycles. The average Bonchev–Trinajstić information content (AvgIpc) is 2.68.